The van der Waals surface area contributed by atoms with E-state index in [1.54, 1.807) is 19.1 Å². The number of hydrazone groups is 1. The van der Waals surface area contributed by atoms with Crippen molar-refractivity contribution < 1.29 is 14.5 Å². The second kappa shape index (κ2) is 9.93. The lowest BCUT2D eigenvalue weighted by molar-refractivity contribution is -0.384. The first-order valence-electron chi connectivity index (χ1n) is 9.45. The molecule has 0 fully saturated rings. The molecule has 0 aromatic heterocycles. The van der Waals surface area contributed by atoms with Crippen LogP contribution in [-0.2, 0) is 4.79 Å². The van der Waals surface area contributed by atoms with Gasteiger partial charge in [0.2, 0.25) is 5.91 Å². The van der Waals surface area contributed by atoms with E-state index in [9.17, 15) is 19.7 Å². The zero-order valence-corrected chi connectivity index (χ0v) is 16.7. The minimum absolute atomic E-state index is 0.0375. The quantitative estimate of drug-likeness (QED) is 0.338. The molecule has 0 aliphatic carbocycles. The van der Waals surface area contributed by atoms with Crippen molar-refractivity contribution >= 4 is 28.9 Å². The van der Waals surface area contributed by atoms with E-state index in [1.807, 2.05) is 42.5 Å². The molecule has 0 atom stereocenters. The number of nitrogens with zero attached hydrogens (tertiary/aromatic N) is 2. The van der Waals surface area contributed by atoms with Gasteiger partial charge >= 0.3 is 0 Å². The Kier molecular flexibility index (Phi) is 6.85. The number of nitro benzene ring substituents is 1. The zero-order chi connectivity index (χ0) is 22.2. The predicted octanol–water partition coefficient (Wildman–Crippen LogP) is 4.40. The number of rotatable bonds is 7. The van der Waals surface area contributed by atoms with Crippen molar-refractivity contribution in [3.63, 3.8) is 0 Å². The first-order valence-corrected chi connectivity index (χ1v) is 9.45. The second-order valence-electron chi connectivity index (χ2n) is 6.76. The molecule has 8 nitrogen and oxygen atoms in total. The van der Waals surface area contributed by atoms with Gasteiger partial charge < -0.3 is 5.32 Å². The number of hydrogen-bond acceptors (Lipinski definition) is 5. The van der Waals surface area contributed by atoms with Gasteiger partial charge in [0.15, 0.2) is 0 Å². The van der Waals surface area contributed by atoms with E-state index in [0.29, 0.717) is 17.0 Å². The number of carbonyl (C=O) groups is 2. The SMILES string of the molecule is C/C(CC(=O)Nc1ccc([N+](=O)[O-])cc1)=N\NC(=O)c1ccc(-c2ccccc2)cc1. The fourth-order valence-corrected chi connectivity index (χ4v) is 2.80. The summed E-state index contributed by atoms with van der Waals surface area (Å²) in [5, 5.41) is 17.3. The van der Waals surface area contributed by atoms with Gasteiger partial charge in [-0.2, -0.15) is 5.10 Å². The van der Waals surface area contributed by atoms with Crippen LogP contribution < -0.4 is 10.7 Å². The predicted molar refractivity (Wildman–Crippen MR) is 119 cm³/mol. The number of nitrogens with one attached hydrogen (secondary N) is 2. The number of nitro groups is 1. The highest BCUT2D eigenvalue weighted by atomic mass is 16.6. The molecule has 3 aromatic carbocycles. The average Bonchev–Trinajstić information content (AvgIpc) is 2.78. The minimum atomic E-state index is -0.514. The van der Waals surface area contributed by atoms with Crippen molar-refractivity contribution in [2.75, 3.05) is 5.32 Å². The molecule has 0 aliphatic rings. The minimum Gasteiger partial charge on any atom is -0.326 e. The Morgan fingerprint density at radius 3 is 2.13 bits per heavy atom. The number of non-ortho nitro benzene ring substituents is 1. The molecule has 2 amide bonds. The van der Waals surface area contributed by atoms with Crippen molar-refractivity contribution in [3.05, 3.63) is 94.5 Å². The van der Waals surface area contributed by atoms with Crippen LogP contribution in [0.2, 0.25) is 0 Å². The Bertz CT molecular complexity index is 1110. The van der Waals surface area contributed by atoms with Crippen LogP contribution in [0.3, 0.4) is 0 Å². The number of benzene rings is 3. The molecule has 0 aliphatic heterocycles. The Morgan fingerprint density at radius 2 is 1.52 bits per heavy atom. The van der Waals surface area contributed by atoms with Gasteiger partial charge in [-0.25, -0.2) is 5.43 Å². The fraction of sp³-hybridized carbons (Fsp3) is 0.0870. The molecule has 0 radical (unpaired) electrons. The Morgan fingerprint density at radius 1 is 0.903 bits per heavy atom. The first-order chi connectivity index (χ1) is 14.9. The van der Waals surface area contributed by atoms with E-state index >= 15 is 0 Å². The maximum absolute atomic E-state index is 12.3. The molecule has 156 valence electrons. The third-order valence-electron chi connectivity index (χ3n) is 4.38. The van der Waals surface area contributed by atoms with Gasteiger partial charge in [-0.1, -0.05) is 42.5 Å². The van der Waals surface area contributed by atoms with Gasteiger partial charge in [0.1, 0.15) is 0 Å². The molecule has 2 N–H and O–H groups in total. The Balaban J connectivity index is 1.52. The van der Waals surface area contributed by atoms with Crippen molar-refractivity contribution in [1.82, 2.24) is 5.43 Å². The van der Waals surface area contributed by atoms with Crippen LogP contribution in [0.1, 0.15) is 23.7 Å². The molecule has 8 heteroatoms. The van der Waals surface area contributed by atoms with Crippen molar-refractivity contribution in [2.24, 2.45) is 5.10 Å². The number of anilines is 1. The summed E-state index contributed by atoms with van der Waals surface area (Å²) in [4.78, 5) is 34.5. The molecule has 31 heavy (non-hydrogen) atoms. The van der Waals surface area contributed by atoms with E-state index in [1.165, 1.54) is 24.3 Å². The van der Waals surface area contributed by atoms with Crippen LogP contribution in [0.4, 0.5) is 11.4 Å². The summed E-state index contributed by atoms with van der Waals surface area (Å²) >= 11 is 0. The highest BCUT2D eigenvalue weighted by molar-refractivity contribution is 6.06. The normalized spacial score (nSPS) is 10.9. The van der Waals surface area contributed by atoms with Crippen molar-refractivity contribution in [1.29, 1.82) is 0 Å². The summed E-state index contributed by atoms with van der Waals surface area (Å²) in [5.41, 5.74) is 5.74. The van der Waals surface area contributed by atoms with Gasteiger partial charge in [0, 0.05) is 29.1 Å². The average molecular weight is 416 g/mol. The van der Waals surface area contributed by atoms with Crippen molar-refractivity contribution in [3.8, 4) is 11.1 Å². The van der Waals surface area contributed by atoms with Crippen LogP contribution in [-0.4, -0.2) is 22.4 Å². The maximum atomic E-state index is 12.3. The molecule has 3 rings (SSSR count). The molecular formula is C23H20N4O4. The molecule has 0 bridgehead atoms. The number of carbonyl (C=O) groups excluding carboxylic acids is 2. The highest BCUT2D eigenvalue weighted by Crippen LogP contribution is 2.19. The lowest BCUT2D eigenvalue weighted by Crippen LogP contribution is -2.21. The van der Waals surface area contributed by atoms with E-state index in [4.69, 9.17) is 0 Å². The van der Waals surface area contributed by atoms with Gasteiger partial charge in [-0.3, -0.25) is 19.7 Å². The van der Waals surface area contributed by atoms with Gasteiger partial charge in [0.25, 0.3) is 11.6 Å². The third-order valence-corrected chi connectivity index (χ3v) is 4.38. The van der Waals surface area contributed by atoms with E-state index in [-0.39, 0.29) is 23.9 Å². The summed E-state index contributed by atoms with van der Waals surface area (Å²) in [6, 6.07) is 22.5. The fourth-order valence-electron chi connectivity index (χ4n) is 2.80. The number of hydrogen-bond donors (Lipinski definition) is 2. The molecule has 0 saturated heterocycles. The monoisotopic (exact) mass is 416 g/mol. The smallest absolute Gasteiger partial charge is 0.271 e. The maximum Gasteiger partial charge on any atom is 0.271 e. The summed E-state index contributed by atoms with van der Waals surface area (Å²) in [5.74, 6) is -0.730. The van der Waals surface area contributed by atoms with E-state index < -0.39 is 4.92 Å². The molecule has 0 unspecified atom stereocenters. The number of amides is 2. The largest absolute Gasteiger partial charge is 0.326 e. The molecule has 3 aromatic rings. The zero-order valence-electron chi connectivity index (χ0n) is 16.7. The Hall–Kier alpha value is -4.33. The lowest BCUT2D eigenvalue weighted by Gasteiger charge is -2.06. The van der Waals surface area contributed by atoms with E-state index in [0.717, 1.165) is 11.1 Å². The van der Waals surface area contributed by atoms with Crippen LogP contribution in [0, 0.1) is 10.1 Å². The standard InChI is InChI=1S/C23H20N4O4/c1-16(15-22(28)24-20-11-13-21(14-12-20)27(30)31)25-26-23(29)19-9-7-18(8-10-19)17-5-3-2-4-6-17/h2-14H,15H2,1H3,(H,24,28)(H,26,29)/b25-16+. The summed E-state index contributed by atoms with van der Waals surface area (Å²) < 4.78 is 0. The van der Waals surface area contributed by atoms with Crippen LogP contribution in [0.15, 0.2) is 84.0 Å². The van der Waals surface area contributed by atoms with Crippen LogP contribution >= 0.6 is 0 Å². The van der Waals surface area contributed by atoms with Gasteiger partial charge in [-0.15, -0.1) is 0 Å². The second-order valence-corrected chi connectivity index (χ2v) is 6.76. The highest BCUT2D eigenvalue weighted by Gasteiger charge is 2.09. The third kappa shape index (κ3) is 6.07. The van der Waals surface area contributed by atoms with Gasteiger partial charge in [-0.05, 0) is 42.3 Å². The Labute approximate surface area is 178 Å². The van der Waals surface area contributed by atoms with Gasteiger partial charge in [0.05, 0.1) is 11.3 Å². The topological polar surface area (TPSA) is 114 Å². The first kappa shape index (κ1) is 21.4. The lowest BCUT2D eigenvalue weighted by atomic mass is 10.0. The molecule has 0 saturated carbocycles. The summed E-state index contributed by atoms with van der Waals surface area (Å²) in [6.07, 6.45) is -0.0375. The van der Waals surface area contributed by atoms with Crippen molar-refractivity contribution in [2.45, 2.75) is 13.3 Å². The van der Waals surface area contributed by atoms with E-state index in [2.05, 4.69) is 15.8 Å². The summed E-state index contributed by atoms with van der Waals surface area (Å²) in [7, 11) is 0. The molecule has 0 spiro atoms. The molecule has 0 heterocycles. The van der Waals surface area contributed by atoms with Crippen LogP contribution in [0.5, 0.6) is 0 Å². The summed E-state index contributed by atoms with van der Waals surface area (Å²) in [6.45, 7) is 1.62. The van der Waals surface area contributed by atoms with Crippen LogP contribution in [0.25, 0.3) is 11.1 Å². The molecular weight excluding hydrogens is 396 g/mol.